The molecule has 1 heterocycles. The van der Waals surface area contributed by atoms with E-state index in [1.807, 2.05) is 20.8 Å². The number of hydrogen-bond donors (Lipinski definition) is 3. The van der Waals surface area contributed by atoms with Crippen molar-refractivity contribution in [2.45, 2.75) is 45.8 Å². The summed E-state index contributed by atoms with van der Waals surface area (Å²) in [7, 11) is 0. The molecule has 0 spiro atoms. The van der Waals surface area contributed by atoms with Crippen molar-refractivity contribution >= 4 is 6.09 Å². The van der Waals surface area contributed by atoms with E-state index in [2.05, 4.69) is 5.32 Å². The summed E-state index contributed by atoms with van der Waals surface area (Å²) in [6.45, 7) is 8.24. The lowest BCUT2D eigenvalue weighted by molar-refractivity contribution is 0.0166. The number of carbonyl (C=O) groups excluding carboxylic acids is 1. The number of piperidine rings is 1. The van der Waals surface area contributed by atoms with Crippen molar-refractivity contribution in [3.05, 3.63) is 23.8 Å². The van der Waals surface area contributed by atoms with E-state index in [1.54, 1.807) is 17.0 Å². The zero-order valence-corrected chi connectivity index (χ0v) is 14.7. The Hall–Kier alpha value is -1.95. The number of benzene rings is 1. The average Bonchev–Trinajstić information content (AvgIpc) is 2.50. The Labute approximate surface area is 143 Å². The zero-order valence-electron chi connectivity index (χ0n) is 14.7. The molecule has 1 amide bonds. The number of para-hydroxylation sites is 1. The molecule has 0 aliphatic carbocycles. The quantitative estimate of drug-likeness (QED) is 0.737. The Kier molecular flexibility index (Phi) is 5.94. The van der Waals surface area contributed by atoms with Crippen LogP contribution in [0.1, 0.15) is 39.2 Å². The average molecular weight is 336 g/mol. The number of nitrogens with zero attached hydrogens (tertiary/aromatic N) is 1. The van der Waals surface area contributed by atoms with Gasteiger partial charge in [-0.2, -0.15) is 0 Å². The molecule has 1 aromatic carbocycles. The van der Waals surface area contributed by atoms with Crippen LogP contribution in [0.5, 0.6) is 11.5 Å². The first-order chi connectivity index (χ1) is 11.3. The lowest BCUT2D eigenvalue weighted by atomic mass is 9.98. The normalized spacial score (nSPS) is 18.5. The summed E-state index contributed by atoms with van der Waals surface area (Å²) >= 11 is 0. The van der Waals surface area contributed by atoms with E-state index >= 15 is 0 Å². The molecule has 0 saturated carbocycles. The fourth-order valence-corrected chi connectivity index (χ4v) is 2.86. The van der Waals surface area contributed by atoms with Gasteiger partial charge >= 0.3 is 6.09 Å². The summed E-state index contributed by atoms with van der Waals surface area (Å²) in [4.78, 5) is 13.9. The molecule has 1 aromatic rings. The van der Waals surface area contributed by atoms with Gasteiger partial charge in [0.1, 0.15) is 5.60 Å². The first-order valence-corrected chi connectivity index (χ1v) is 8.45. The lowest BCUT2D eigenvalue weighted by Crippen LogP contribution is -2.45. The Balaban J connectivity index is 1.81. The molecule has 1 saturated heterocycles. The summed E-state index contributed by atoms with van der Waals surface area (Å²) in [6.07, 6.45) is 1.76. The van der Waals surface area contributed by atoms with Gasteiger partial charge in [-0.25, -0.2) is 4.79 Å². The Morgan fingerprint density at radius 3 is 2.83 bits per heavy atom. The van der Waals surface area contributed by atoms with Gasteiger partial charge in [0.25, 0.3) is 0 Å². The highest BCUT2D eigenvalue weighted by molar-refractivity contribution is 5.68. The second kappa shape index (κ2) is 7.75. The van der Waals surface area contributed by atoms with E-state index < -0.39 is 5.60 Å². The molecule has 1 unspecified atom stereocenters. The van der Waals surface area contributed by atoms with Gasteiger partial charge < -0.3 is 25.2 Å². The summed E-state index contributed by atoms with van der Waals surface area (Å²) in [5.41, 5.74) is 0.185. The van der Waals surface area contributed by atoms with Crippen LogP contribution in [-0.4, -0.2) is 46.4 Å². The van der Waals surface area contributed by atoms with Crippen LogP contribution in [0.15, 0.2) is 18.2 Å². The maximum Gasteiger partial charge on any atom is 0.410 e. The number of rotatable bonds is 4. The predicted molar refractivity (Wildman–Crippen MR) is 92.0 cm³/mol. The molecule has 0 bridgehead atoms. The maximum absolute atomic E-state index is 12.2. The highest BCUT2D eigenvalue weighted by Crippen LogP contribution is 2.28. The monoisotopic (exact) mass is 336 g/mol. The van der Waals surface area contributed by atoms with Crippen molar-refractivity contribution in [1.82, 2.24) is 10.2 Å². The minimum Gasteiger partial charge on any atom is -0.504 e. The minimum absolute atomic E-state index is 0.0796. The summed E-state index contributed by atoms with van der Waals surface area (Å²) in [5, 5.41) is 22.6. The van der Waals surface area contributed by atoms with Gasteiger partial charge in [-0.05, 0) is 52.1 Å². The molecule has 3 N–H and O–H groups in total. The molecule has 0 aromatic heterocycles. The van der Waals surface area contributed by atoms with Crippen LogP contribution in [0.4, 0.5) is 4.79 Å². The van der Waals surface area contributed by atoms with Crippen LogP contribution < -0.4 is 5.32 Å². The SMILES string of the molecule is CC(C)(C)OC(=O)N1CCCC(CNCc2cccc(O)c2O)C1. The molecule has 1 fully saturated rings. The van der Waals surface area contributed by atoms with E-state index in [0.29, 0.717) is 24.6 Å². The molecule has 1 aliphatic heterocycles. The number of ether oxygens (including phenoxy) is 1. The molecule has 2 rings (SSSR count). The number of likely N-dealkylation sites (tertiary alicyclic amines) is 1. The summed E-state index contributed by atoms with van der Waals surface area (Å²) < 4.78 is 5.43. The third-order valence-electron chi connectivity index (χ3n) is 4.02. The van der Waals surface area contributed by atoms with Crippen LogP contribution in [-0.2, 0) is 11.3 Å². The van der Waals surface area contributed by atoms with Crippen LogP contribution in [0.25, 0.3) is 0 Å². The molecule has 1 atom stereocenters. The smallest absolute Gasteiger partial charge is 0.410 e. The fraction of sp³-hybridized carbons (Fsp3) is 0.611. The Bertz CT molecular complexity index is 569. The first kappa shape index (κ1) is 18.4. The van der Waals surface area contributed by atoms with Crippen molar-refractivity contribution in [2.75, 3.05) is 19.6 Å². The van der Waals surface area contributed by atoms with Crippen molar-refractivity contribution < 1.29 is 19.7 Å². The zero-order chi connectivity index (χ0) is 17.7. The molecular formula is C18H28N2O4. The molecular weight excluding hydrogens is 308 g/mol. The maximum atomic E-state index is 12.2. The number of hydrogen-bond acceptors (Lipinski definition) is 5. The predicted octanol–water partition coefficient (Wildman–Crippen LogP) is 2.83. The Morgan fingerprint density at radius 1 is 1.38 bits per heavy atom. The van der Waals surface area contributed by atoms with E-state index in [4.69, 9.17) is 4.74 Å². The highest BCUT2D eigenvalue weighted by atomic mass is 16.6. The summed E-state index contributed by atoms with van der Waals surface area (Å²) in [5.74, 6) is 0.165. The van der Waals surface area contributed by atoms with Crippen molar-refractivity contribution in [3.8, 4) is 11.5 Å². The summed E-state index contributed by atoms with van der Waals surface area (Å²) in [6, 6.07) is 4.94. The van der Waals surface area contributed by atoms with Gasteiger partial charge in [0.15, 0.2) is 11.5 Å². The minimum atomic E-state index is -0.477. The molecule has 6 heteroatoms. The first-order valence-electron chi connectivity index (χ1n) is 8.45. The number of nitrogens with one attached hydrogen (secondary N) is 1. The van der Waals surface area contributed by atoms with E-state index in [1.165, 1.54) is 6.07 Å². The van der Waals surface area contributed by atoms with Gasteiger partial charge in [0.05, 0.1) is 0 Å². The molecule has 24 heavy (non-hydrogen) atoms. The van der Waals surface area contributed by atoms with Crippen molar-refractivity contribution in [1.29, 1.82) is 0 Å². The van der Waals surface area contributed by atoms with Gasteiger partial charge in [0, 0.05) is 25.2 Å². The third-order valence-corrected chi connectivity index (χ3v) is 4.02. The Morgan fingerprint density at radius 2 is 2.12 bits per heavy atom. The molecule has 6 nitrogen and oxygen atoms in total. The van der Waals surface area contributed by atoms with Crippen LogP contribution in [0, 0.1) is 5.92 Å². The van der Waals surface area contributed by atoms with E-state index in [0.717, 1.165) is 25.9 Å². The third kappa shape index (κ3) is 5.30. The van der Waals surface area contributed by atoms with E-state index in [-0.39, 0.29) is 17.6 Å². The molecule has 134 valence electrons. The fourth-order valence-electron chi connectivity index (χ4n) is 2.86. The topological polar surface area (TPSA) is 82.0 Å². The van der Waals surface area contributed by atoms with Gasteiger partial charge in [-0.3, -0.25) is 0 Å². The molecule has 1 aliphatic rings. The largest absolute Gasteiger partial charge is 0.504 e. The second-order valence-corrected chi connectivity index (χ2v) is 7.35. The van der Waals surface area contributed by atoms with Gasteiger partial charge in [-0.1, -0.05) is 12.1 Å². The number of aromatic hydroxyl groups is 2. The van der Waals surface area contributed by atoms with Crippen molar-refractivity contribution in [2.24, 2.45) is 5.92 Å². The van der Waals surface area contributed by atoms with Crippen LogP contribution in [0.2, 0.25) is 0 Å². The highest BCUT2D eigenvalue weighted by Gasteiger charge is 2.27. The van der Waals surface area contributed by atoms with Crippen molar-refractivity contribution in [3.63, 3.8) is 0 Å². The molecule has 0 radical (unpaired) electrons. The number of carbonyl (C=O) groups is 1. The van der Waals surface area contributed by atoms with Gasteiger partial charge in [-0.15, -0.1) is 0 Å². The number of phenolic OH excluding ortho intramolecular Hbond substituents is 2. The lowest BCUT2D eigenvalue weighted by Gasteiger charge is -2.34. The van der Waals surface area contributed by atoms with E-state index in [9.17, 15) is 15.0 Å². The number of amides is 1. The standard InChI is InChI=1S/C18H28N2O4/c1-18(2,3)24-17(23)20-9-5-6-13(12-20)10-19-11-14-7-4-8-15(21)16(14)22/h4,7-8,13,19,21-22H,5-6,9-12H2,1-3H3. The van der Waals surface area contributed by atoms with Crippen LogP contribution >= 0.6 is 0 Å². The number of phenols is 2. The van der Waals surface area contributed by atoms with Crippen LogP contribution in [0.3, 0.4) is 0 Å². The second-order valence-electron chi connectivity index (χ2n) is 7.35. The van der Waals surface area contributed by atoms with Gasteiger partial charge in [0.2, 0.25) is 0 Å².